The quantitative estimate of drug-likeness (QED) is 0.524. The predicted molar refractivity (Wildman–Crippen MR) is 97.8 cm³/mol. The highest BCUT2D eigenvalue weighted by molar-refractivity contribution is 5.90. The van der Waals surface area contributed by atoms with Crippen molar-refractivity contribution in [2.45, 2.75) is 58.3 Å². The summed E-state index contributed by atoms with van der Waals surface area (Å²) in [6.45, 7) is 13.1. The van der Waals surface area contributed by atoms with Gasteiger partial charge in [0, 0.05) is 11.1 Å². The molecule has 2 nitrogen and oxygen atoms in total. The van der Waals surface area contributed by atoms with Crippen molar-refractivity contribution in [1.82, 2.24) is 0 Å². The van der Waals surface area contributed by atoms with Gasteiger partial charge in [-0.1, -0.05) is 84.0 Å². The van der Waals surface area contributed by atoms with Gasteiger partial charge in [-0.05, 0) is 22.0 Å². The summed E-state index contributed by atoms with van der Waals surface area (Å²) in [5.74, 6) is 0.256. The Kier molecular flexibility index (Phi) is 3.82. The van der Waals surface area contributed by atoms with E-state index in [4.69, 9.17) is 4.74 Å². The molecule has 0 bridgehead atoms. The molecule has 3 rings (SSSR count). The number of carbonyl (C=O) groups is 1. The first-order valence-electron chi connectivity index (χ1n) is 8.54. The van der Waals surface area contributed by atoms with Gasteiger partial charge in [0.25, 0.3) is 0 Å². The van der Waals surface area contributed by atoms with Gasteiger partial charge < -0.3 is 4.74 Å². The molecule has 24 heavy (non-hydrogen) atoms. The van der Waals surface area contributed by atoms with Crippen LogP contribution in [0.3, 0.4) is 0 Å². The van der Waals surface area contributed by atoms with Crippen LogP contribution in [0.1, 0.15) is 69.7 Å². The number of esters is 1. The summed E-state index contributed by atoms with van der Waals surface area (Å²) in [5.41, 5.74) is 4.27. The van der Waals surface area contributed by atoms with Gasteiger partial charge in [-0.15, -0.1) is 0 Å². The Morgan fingerprint density at radius 1 is 0.875 bits per heavy atom. The maximum absolute atomic E-state index is 12.6. The van der Waals surface area contributed by atoms with E-state index in [1.165, 1.54) is 5.56 Å². The van der Waals surface area contributed by atoms with E-state index >= 15 is 0 Å². The van der Waals surface area contributed by atoms with Crippen molar-refractivity contribution in [1.29, 1.82) is 0 Å². The molecule has 0 aliphatic carbocycles. The van der Waals surface area contributed by atoms with Gasteiger partial charge in [0.15, 0.2) is 0 Å². The third-order valence-corrected chi connectivity index (χ3v) is 4.67. The lowest BCUT2D eigenvalue weighted by molar-refractivity contribution is -0.133. The summed E-state index contributed by atoms with van der Waals surface area (Å²) in [7, 11) is 0. The van der Waals surface area contributed by atoms with Gasteiger partial charge >= 0.3 is 5.97 Å². The van der Waals surface area contributed by atoms with E-state index < -0.39 is 0 Å². The molecule has 0 N–H and O–H groups in total. The minimum atomic E-state index is -0.329. The molecule has 0 spiro atoms. The molecule has 126 valence electrons. The van der Waals surface area contributed by atoms with Gasteiger partial charge in [-0.25, -0.2) is 0 Å². The molecule has 0 radical (unpaired) electrons. The summed E-state index contributed by atoms with van der Waals surface area (Å²) in [4.78, 5) is 12.6. The van der Waals surface area contributed by atoms with Gasteiger partial charge in [0.2, 0.25) is 0 Å². The average Bonchev–Trinajstić information content (AvgIpc) is 2.80. The summed E-state index contributed by atoms with van der Waals surface area (Å²) in [6, 6.07) is 14.3. The predicted octanol–water partition coefficient (Wildman–Crippen LogP) is 5.33. The number of benzene rings is 2. The van der Waals surface area contributed by atoms with Crippen molar-refractivity contribution in [3.63, 3.8) is 0 Å². The van der Waals surface area contributed by atoms with E-state index in [0.717, 1.165) is 22.4 Å². The second-order valence-corrected chi connectivity index (χ2v) is 8.71. The number of fused-ring (bicyclic) bond motifs is 1. The smallest absolute Gasteiger partial charge is 0.323 e. The van der Waals surface area contributed by atoms with E-state index in [0.29, 0.717) is 0 Å². The van der Waals surface area contributed by atoms with Crippen molar-refractivity contribution in [2.75, 3.05) is 0 Å². The second kappa shape index (κ2) is 5.47. The molecule has 2 heteroatoms. The van der Waals surface area contributed by atoms with Crippen LogP contribution in [0.25, 0.3) is 0 Å². The Morgan fingerprint density at radius 3 is 2.04 bits per heavy atom. The molecular formula is C22H26O2. The van der Waals surface area contributed by atoms with Crippen LogP contribution in [0.4, 0.5) is 0 Å². The van der Waals surface area contributed by atoms with E-state index in [1.54, 1.807) is 0 Å². The zero-order chi connectivity index (χ0) is 17.7. The monoisotopic (exact) mass is 322 g/mol. The second-order valence-electron chi connectivity index (χ2n) is 8.71. The lowest BCUT2D eigenvalue weighted by Gasteiger charge is -2.27. The summed E-state index contributed by atoms with van der Waals surface area (Å²) in [5, 5.41) is 0. The number of hydrogen-bond donors (Lipinski definition) is 0. The average molecular weight is 322 g/mol. The van der Waals surface area contributed by atoms with Crippen LogP contribution in [-0.4, -0.2) is 5.97 Å². The van der Waals surface area contributed by atoms with Gasteiger partial charge in [0.05, 0.1) is 0 Å². The Balaban J connectivity index is 2.26. The van der Waals surface area contributed by atoms with Gasteiger partial charge in [-0.3, -0.25) is 4.79 Å². The van der Waals surface area contributed by atoms with Crippen LogP contribution >= 0.6 is 0 Å². The fraction of sp³-hybridized carbons (Fsp3) is 0.409. The molecule has 0 amide bonds. The Labute approximate surface area is 144 Å². The molecule has 1 unspecified atom stereocenters. The standard InChI is InChI=1S/C22H26O2/c1-21(2,3)15-12-16-18(14-10-8-7-9-11-14)20(23)24-19(16)17(13-15)22(4,5)6/h7-13,18H,1-6H3. The molecule has 0 aromatic heterocycles. The molecule has 0 saturated carbocycles. The van der Waals surface area contributed by atoms with E-state index in [1.807, 2.05) is 30.3 Å². The molecule has 1 aliphatic heterocycles. The molecule has 2 aromatic carbocycles. The first kappa shape index (κ1) is 16.8. The first-order valence-corrected chi connectivity index (χ1v) is 8.54. The minimum Gasteiger partial charge on any atom is -0.425 e. The van der Waals surface area contributed by atoms with E-state index in [9.17, 15) is 4.79 Å². The van der Waals surface area contributed by atoms with Crippen LogP contribution in [0.15, 0.2) is 42.5 Å². The third-order valence-electron chi connectivity index (χ3n) is 4.67. The Hall–Kier alpha value is -2.09. The lowest BCUT2D eigenvalue weighted by atomic mass is 9.77. The molecule has 1 heterocycles. The molecular weight excluding hydrogens is 296 g/mol. The zero-order valence-corrected chi connectivity index (χ0v) is 15.4. The molecule has 1 aliphatic rings. The van der Waals surface area contributed by atoms with E-state index in [2.05, 4.69) is 53.7 Å². The third kappa shape index (κ3) is 2.86. The van der Waals surface area contributed by atoms with Crippen molar-refractivity contribution < 1.29 is 9.53 Å². The zero-order valence-electron chi connectivity index (χ0n) is 15.4. The highest BCUT2D eigenvalue weighted by Gasteiger charge is 2.39. The Bertz CT molecular complexity index is 774. The Morgan fingerprint density at radius 2 is 1.50 bits per heavy atom. The minimum absolute atomic E-state index is 0.0158. The van der Waals surface area contributed by atoms with Crippen molar-refractivity contribution in [3.8, 4) is 5.75 Å². The lowest BCUT2D eigenvalue weighted by Crippen LogP contribution is -2.17. The van der Waals surface area contributed by atoms with Crippen LogP contribution < -0.4 is 4.74 Å². The number of rotatable bonds is 1. The highest BCUT2D eigenvalue weighted by Crippen LogP contribution is 2.47. The largest absolute Gasteiger partial charge is 0.425 e. The number of ether oxygens (including phenoxy) is 1. The van der Waals surface area contributed by atoms with Gasteiger partial charge in [0.1, 0.15) is 11.7 Å². The topological polar surface area (TPSA) is 26.3 Å². The SMILES string of the molecule is CC(C)(C)c1cc2c(c(C(C)(C)C)c1)OC(=O)C2c1ccccc1. The van der Waals surface area contributed by atoms with Gasteiger partial charge in [-0.2, -0.15) is 0 Å². The van der Waals surface area contributed by atoms with E-state index in [-0.39, 0.29) is 22.7 Å². The molecule has 1 atom stereocenters. The van der Waals surface area contributed by atoms with Crippen molar-refractivity contribution in [3.05, 3.63) is 64.7 Å². The van der Waals surface area contributed by atoms with Crippen molar-refractivity contribution in [2.24, 2.45) is 0 Å². The number of carbonyl (C=O) groups excluding carboxylic acids is 1. The highest BCUT2D eigenvalue weighted by atomic mass is 16.5. The molecule has 0 saturated heterocycles. The fourth-order valence-corrected chi connectivity index (χ4v) is 3.22. The maximum Gasteiger partial charge on any atom is 0.323 e. The summed E-state index contributed by atoms with van der Waals surface area (Å²) >= 11 is 0. The fourth-order valence-electron chi connectivity index (χ4n) is 3.22. The molecule has 0 fully saturated rings. The van der Waals surface area contributed by atoms with Crippen LogP contribution in [0.2, 0.25) is 0 Å². The first-order chi connectivity index (χ1) is 11.1. The van der Waals surface area contributed by atoms with Crippen molar-refractivity contribution >= 4 is 5.97 Å². The molecule has 2 aromatic rings. The van der Waals surface area contributed by atoms with Crippen LogP contribution in [-0.2, 0) is 15.6 Å². The normalized spacial score (nSPS) is 17.6. The summed E-state index contributed by atoms with van der Waals surface area (Å²) in [6.07, 6.45) is 0. The van der Waals surface area contributed by atoms with Crippen LogP contribution in [0, 0.1) is 0 Å². The number of hydrogen-bond acceptors (Lipinski definition) is 2. The maximum atomic E-state index is 12.6. The van der Waals surface area contributed by atoms with Crippen LogP contribution in [0.5, 0.6) is 5.75 Å². The summed E-state index contributed by atoms with van der Waals surface area (Å²) < 4.78 is 5.76.